The SMILES string of the molecule is CCOC(=O)c1[nH]c(C)c(C(=O)OC(C)C(=O)N2c3ccccc3NC(=O)C2(C)C)c1C. The van der Waals surface area contributed by atoms with Crippen LogP contribution in [0.1, 0.15) is 59.8 Å². The van der Waals surface area contributed by atoms with Crippen molar-refractivity contribution in [3.8, 4) is 0 Å². The molecule has 1 unspecified atom stereocenters. The van der Waals surface area contributed by atoms with Crippen molar-refractivity contribution >= 4 is 35.1 Å². The summed E-state index contributed by atoms with van der Waals surface area (Å²) in [5.74, 6) is -2.21. The fourth-order valence-electron chi connectivity index (χ4n) is 3.76. The van der Waals surface area contributed by atoms with Crippen molar-refractivity contribution in [2.45, 2.75) is 53.2 Å². The number of ether oxygens (including phenoxy) is 2. The molecule has 2 N–H and O–H groups in total. The van der Waals surface area contributed by atoms with E-state index in [1.165, 1.54) is 11.8 Å². The van der Waals surface area contributed by atoms with Gasteiger partial charge >= 0.3 is 11.9 Å². The highest BCUT2D eigenvalue weighted by Gasteiger charge is 2.45. The lowest BCUT2D eigenvalue weighted by Crippen LogP contribution is -2.60. The van der Waals surface area contributed by atoms with Crippen LogP contribution in [-0.2, 0) is 19.1 Å². The van der Waals surface area contributed by atoms with Crippen molar-refractivity contribution in [1.82, 2.24) is 4.98 Å². The molecule has 2 amide bonds. The molecule has 32 heavy (non-hydrogen) atoms. The third kappa shape index (κ3) is 3.86. The Morgan fingerprint density at radius 3 is 2.44 bits per heavy atom. The molecule has 1 aromatic carbocycles. The van der Waals surface area contributed by atoms with Gasteiger partial charge in [-0.3, -0.25) is 14.5 Å². The minimum absolute atomic E-state index is 0.165. The van der Waals surface area contributed by atoms with Gasteiger partial charge < -0.3 is 19.8 Å². The molecular weight excluding hydrogens is 414 g/mol. The summed E-state index contributed by atoms with van der Waals surface area (Å²) < 4.78 is 10.5. The van der Waals surface area contributed by atoms with Gasteiger partial charge in [0.25, 0.3) is 5.91 Å². The fraction of sp³-hybridized carbons (Fsp3) is 0.391. The molecule has 1 atom stereocenters. The summed E-state index contributed by atoms with van der Waals surface area (Å²) in [6.45, 7) is 9.82. The van der Waals surface area contributed by atoms with Crippen molar-refractivity contribution < 1.29 is 28.7 Å². The number of hydrogen-bond donors (Lipinski definition) is 2. The van der Waals surface area contributed by atoms with E-state index in [4.69, 9.17) is 9.47 Å². The summed E-state index contributed by atoms with van der Waals surface area (Å²) in [6.07, 6.45) is -1.18. The topological polar surface area (TPSA) is 118 Å². The lowest BCUT2D eigenvalue weighted by atomic mass is 9.95. The average Bonchev–Trinajstić information content (AvgIpc) is 3.02. The third-order valence-corrected chi connectivity index (χ3v) is 5.48. The molecule has 9 heteroatoms. The zero-order valence-corrected chi connectivity index (χ0v) is 19.0. The zero-order chi connectivity index (χ0) is 23.8. The van der Waals surface area contributed by atoms with E-state index < -0.39 is 29.5 Å². The Morgan fingerprint density at radius 2 is 1.78 bits per heavy atom. The Bertz CT molecular complexity index is 1100. The molecule has 0 fully saturated rings. The number of carbonyl (C=O) groups is 4. The highest BCUT2D eigenvalue weighted by atomic mass is 16.5. The normalized spacial score (nSPS) is 15.4. The Hall–Kier alpha value is -3.62. The van der Waals surface area contributed by atoms with Crippen LogP contribution in [0.25, 0.3) is 0 Å². The summed E-state index contributed by atoms with van der Waals surface area (Å²) in [5, 5.41) is 2.79. The first-order chi connectivity index (χ1) is 15.0. The first-order valence-electron chi connectivity index (χ1n) is 10.3. The predicted molar refractivity (Wildman–Crippen MR) is 118 cm³/mol. The Labute approximate surface area is 186 Å². The number of para-hydroxylation sites is 2. The number of carbonyl (C=O) groups excluding carboxylic acids is 4. The van der Waals surface area contributed by atoms with Crippen molar-refractivity contribution in [1.29, 1.82) is 0 Å². The molecule has 0 saturated carbocycles. The number of amides is 2. The van der Waals surface area contributed by atoms with Gasteiger partial charge in [-0.25, -0.2) is 9.59 Å². The number of anilines is 2. The van der Waals surface area contributed by atoms with Crippen LogP contribution >= 0.6 is 0 Å². The molecule has 0 saturated heterocycles. The lowest BCUT2D eigenvalue weighted by molar-refractivity contribution is -0.131. The highest BCUT2D eigenvalue weighted by molar-refractivity contribution is 6.15. The van der Waals surface area contributed by atoms with Crippen LogP contribution in [0.4, 0.5) is 11.4 Å². The summed E-state index contributed by atoms with van der Waals surface area (Å²) in [7, 11) is 0. The van der Waals surface area contributed by atoms with E-state index in [1.807, 2.05) is 0 Å². The number of nitrogens with zero attached hydrogens (tertiary/aromatic N) is 1. The van der Waals surface area contributed by atoms with Gasteiger partial charge in [-0.1, -0.05) is 12.1 Å². The molecule has 3 rings (SSSR count). The summed E-state index contributed by atoms with van der Waals surface area (Å²) in [4.78, 5) is 55.2. The largest absolute Gasteiger partial charge is 0.461 e. The number of nitrogens with one attached hydrogen (secondary N) is 2. The predicted octanol–water partition coefficient (Wildman–Crippen LogP) is 3.12. The van der Waals surface area contributed by atoms with Crippen LogP contribution in [0.15, 0.2) is 24.3 Å². The second-order valence-corrected chi connectivity index (χ2v) is 8.10. The van der Waals surface area contributed by atoms with Gasteiger partial charge in [0.15, 0.2) is 6.10 Å². The molecule has 1 aliphatic heterocycles. The summed E-state index contributed by atoms with van der Waals surface area (Å²) in [6, 6.07) is 6.92. The highest BCUT2D eigenvalue weighted by Crippen LogP contribution is 2.37. The number of esters is 2. The molecule has 9 nitrogen and oxygen atoms in total. The standard InChI is InChI=1S/C23H27N3O6/c1-7-31-21(29)18-12(2)17(13(3)24-18)20(28)32-14(4)19(27)26-16-11-9-8-10-15(16)25-22(30)23(26,5)6/h8-11,14,24H,7H2,1-6H3,(H,25,30). The van der Waals surface area contributed by atoms with E-state index in [1.54, 1.807) is 58.9 Å². The van der Waals surface area contributed by atoms with Gasteiger partial charge in [0.2, 0.25) is 5.91 Å². The van der Waals surface area contributed by atoms with E-state index in [-0.39, 0.29) is 23.8 Å². The molecule has 2 heterocycles. The quantitative estimate of drug-likeness (QED) is 0.689. The van der Waals surface area contributed by atoms with Crippen molar-refractivity contribution in [3.63, 3.8) is 0 Å². The monoisotopic (exact) mass is 441 g/mol. The van der Waals surface area contributed by atoms with Gasteiger partial charge in [0.1, 0.15) is 11.2 Å². The van der Waals surface area contributed by atoms with Gasteiger partial charge in [0, 0.05) is 5.69 Å². The average molecular weight is 441 g/mol. The van der Waals surface area contributed by atoms with Crippen LogP contribution in [0.5, 0.6) is 0 Å². The second-order valence-electron chi connectivity index (χ2n) is 8.10. The minimum atomic E-state index is -1.19. The first kappa shape index (κ1) is 23.1. The molecule has 2 aromatic rings. The number of aromatic nitrogens is 1. The summed E-state index contributed by atoms with van der Waals surface area (Å²) >= 11 is 0. The number of fused-ring (bicyclic) bond motifs is 1. The van der Waals surface area contributed by atoms with E-state index in [2.05, 4.69) is 10.3 Å². The number of aromatic amines is 1. The second kappa shape index (κ2) is 8.49. The van der Waals surface area contributed by atoms with Gasteiger partial charge in [0.05, 0.1) is 23.5 Å². The molecule has 0 spiro atoms. The van der Waals surface area contributed by atoms with Gasteiger partial charge in [-0.15, -0.1) is 0 Å². The van der Waals surface area contributed by atoms with Crippen LogP contribution in [0.3, 0.4) is 0 Å². The zero-order valence-electron chi connectivity index (χ0n) is 19.0. The maximum atomic E-state index is 13.3. The number of benzene rings is 1. The smallest absolute Gasteiger partial charge is 0.355 e. The van der Waals surface area contributed by atoms with Crippen molar-refractivity contribution in [2.75, 3.05) is 16.8 Å². The van der Waals surface area contributed by atoms with E-state index in [0.29, 0.717) is 22.6 Å². The molecule has 170 valence electrons. The molecule has 0 bridgehead atoms. The Balaban J connectivity index is 1.87. The van der Waals surface area contributed by atoms with Crippen molar-refractivity contribution in [3.05, 3.63) is 46.8 Å². The summed E-state index contributed by atoms with van der Waals surface area (Å²) in [5.41, 5.74) is 0.973. The van der Waals surface area contributed by atoms with Crippen LogP contribution < -0.4 is 10.2 Å². The fourth-order valence-corrected chi connectivity index (χ4v) is 3.76. The van der Waals surface area contributed by atoms with E-state index in [9.17, 15) is 19.2 Å². The lowest BCUT2D eigenvalue weighted by Gasteiger charge is -2.42. The van der Waals surface area contributed by atoms with Gasteiger partial charge in [-0.2, -0.15) is 0 Å². The number of aryl methyl sites for hydroxylation is 1. The third-order valence-electron chi connectivity index (χ3n) is 5.48. The van der Waals surface area contributed by atoms with Crippen LogP contribution in [0.2, 0.25) is 0 Å². The molecule has 0 aliphatic carbocycles. The van der Waals surface area contributed by atoms with E-state index in [0.717, 1.165) is 0 Å². The Kier molecular flexibility index (Phi) is 6.11. The Morgan fingerprint density at radius 1 is 1.12 bits per heavy atom. The van der Waals surface area contributed by atoms with Gasteiger partial charge in [-0.05, 0) is 59.2 Å². The maximum absolute atomic E-state index is 13.3. The van der Waals surface area contributed by atoms with Crippen molar-refractivity contribution in [2.24, 2.45) is 0 Å². The molecule has 1 aromatic heterocycles. The van der Waals surface area contributed by atoms with E-state index >= 15 is 0 Å². The first-order valence-corrected chi connectivity index (χ1v) is 10.3. The minimum Gasteiger partial charge on any atom is -0.461 e. The number of hydrogen-bond acceptors (Lipinski definition) is 6. The molecular formula is C23H27N3O6. The number of rotatable bonds is 5. The van der Waals surface area contributed by atoms with Crippen LogP contribution in [0, 0.1) is 13.8 Å². The molecule has 1 aliphatic rings. The molecule has 0 radical (unpaired) electrons. The number of H-pyrrole nitrogens is 1. The van der Waals surface area contributed by atoms with Crippen LogP contribution in [-0.4, -0.2) is 47.0 Å². The maximum Gasteiger partial charge on any atom is 0.355 e.